The van der Waals surface area contributed by atoms with Gasteiger partial charge in [-0.2, -0.15) is 13.2 Å². The second-order valence-corrected chi connectivity index (χ2v) is 3.91. The van der Waals surface area contributed by atoms with Gasteiger partial charge in [0.2, 0.25) is 10.1 Å². The van der Waals surface area contributed by atoms with E-state index in [1.165, 1.54) is 10.8 Å². The molecule has 8 heteroatoms. The van der Waals surface area contributed by atoms with Gasteiger partial charge >= 0.3 is 6.18 Å². The van der Waals surface area contributed by atoms with Crippen molar-refractivity contribution < 1.29 is 13.2 Å². The average Bonchev–Trinajstić information content (AvgIpc) is 2.84. The summed E-state index contributed by atoms with van der Waals surface area (Å²) in [6.07, 6.45) is -0.732. The van der Waals surface area contributed by atoms with Gasteiger partial charge in [-0.05, 0) is 0 Å². The van der Waals surface area contributed by atoms with E-state index in [9.17, 15) is 13.2 Å². The summed E-state index contributed by atoms with van der Waals surface area (Å²) in [6.45, 7) is 1.87. The van der Waals surface area contributed by atoms with Crippen LogP contribution in [-0.4, -0.2) is 19.7 Å². The topological polar surface area (TPSA) is 43.6 Å². The second kappa shape index (κ2) is 3.85. The van der Waals surface area contributed by atoms with Gasteiger partial charge < -0.3 is 0 Å². The Morgan fingerprint density at radius 2 is 2.12 bits per heavy atom. The smallest absolute Gasteiger partial charge is 0.278 e. The van der Waals surface area contributed by atoms with Crippen molar-refractivity contribution in [3.63, 3.8) is 0 Å². The van der Waals surface area contributed by atoms with Gasteiger partial charge in [-0.15, -0.1) is 10.2 Å². The third-order valence-corrected chi connectivity index (χ3v) is 2.86. The number of nitrogens with zero attached hydrogens (tertiary/aromatic N) is 4. The van der Waals surface area contributed by atoms with Crippen LogP contribution in [-0.2, 0) is 12.6 Å². The van der Waals surface area contributed by atoms with Gasteiger partial charge in [-0.3, -0.25) is 4.57 Å². The highest BCUT2D eigenvalue weighted by molar-refractivity contribution is 7.13. The summed E-state index contributed by atoms with van der Waals surface area (Å²) in [5.74, 6) is 0.657. The lowest BCUT2D eigenvalue weighted by Crippen LogP contribution is -2.03. The first-order valence-electron chi connectivity index (χ1n) is 4.45. The van der Waals surface area contributed by atoms with Crippen LogP contribution in [0.1, 0.15) is 17.8 Å². The summed E-state index contributed by atoms with van der Waals surface area (Å²) in [7, 11) is 0. The quantitative estimate of drug-likeness (QED) is 0.819. The maximum atomic E-state index is 12.3. The molecule has 2 aromatic heterocycles. The highest BCUT2D eigenvalue weighted by atomic mass is 32.1. The fourth-order valence-corrected chi connectivity index (χ4v) is 1.91. The minimum absolute atomic E-state index is 0.182. The van der Waals surface area contributed by atoms with Crippen molar-refractivity contribution in [2.45, 2.75) is 19.5 Å². The molecule has 0 amide bonds. The minimum atomic E-state index is -4.44. The van der Waals surface area contributed by atoms with Crippen LogP contribution in [0.25, 0.3) is 5.13 Å². The average molecular weight is 248 g/mol. The van der Waals surface area contributed by atoms with E-state index in [1.54, 1.807) is 6.20 Å². The minimum Gasteiger partial charge on any atom is -0.278 e. The summed E-state index contributed by atoms with van der Waals surface area (Å²) in [4.78, 5) is 4.00. The Morgan fingerprint density at radius 1 is 1.38 bits per heavy atom. The summed E-state index contributed by atoms with van der Waals surface area (Å²) >= 11 is 0.503. The van der Waals surface area contributed by atoms with Gasteiger partial charge in [0.1, 0.15) is 5.82 Å². The van der Waals surface area contributed by atoms with Crippen molar-refractivity contribution in [3.8, 4) is 5.13 Å². The Labute approximate surface area is 92.8 Å². The Balaban J connectivity index is 2.39. The monoisotopic (exact) mass is 248 g/mol. The fourth-order valence-electron chi connectivity index (χ4n) is 1.20. The lowest BCUT2D eigenvalue weighted by molar-refractivity contribution is -0.138. The van der Waals surface area contributed by atoms with Gasteiger partial charge in [0.15, 0.2) is 0 Å². The van der Waals surface area contributed by atoms with E-state index in [2.05, 4.69) is 15.2 Å². The molecule has 0 aliphatic rings. The molecule has 0 aromatic carbocycles. The molecule has 0 N–H and O–H groups in total. The van der Waals surface area contributed by atoms with E-state index in [-0.39, 0.29) is 5.13 Å². The number of alkyl halides is 3. The number of hydrogen-bond donors (Lipinski definition) is 0. The molecule has 0 unspecified atom stereocenters. The van der Waals surface area contributed by atoms with Gasteiger partial charge in [0.25, 0.3) is 0 Å². The van der Waals surface area contributed by atoms with Crippen LogP contribution < -0.4 is 0 Å². The van der Waals surface area contributed by atoms with Crippen molar-refractivity contribution in [2.24, 2.45) is 0 Å². The summed E-state index contributed by atoms with van der Waals surface area (Å²) < 4.78 is 38.4. The predicted molar refractivity (Wildman–Crippen MR) is 51.4 cm³/mol. The van der Waals surface area contributed by atoms with E-state index >= 15 is 0 Å². The van der Waals surface area contributed by atoms with Crippen LogP contribution in [0.15, 0.2) is 12.4 Å². The standard InChI is InChI=1S/C8H7F3N4S/c1-2-5-12-3-4-15(5)7-14-13-6(16-7)8(9,10)11/h3-4H,2H2,1H3. The zero-order chi connectivity index (χ0) is 11.8. The van der Waals surface area contributed by atoms with E-state index < -0.39 is 11.2 Å². The number of aryl methyl sites for hydroxylation is 1. The molecule has 2 heterocycles. The number of imidazole rings is 1. The van der Waals surface area contributed by atoms with Crippen LogP contribution in [0.4, 0.5) is 13.2 Å². The lowest BCUT2D eigenvalue weighted by atomic mass is 10.5. The molecule has 0 aliphatic carbocycles. The first kappa shape index (κ1) is 11.1. The molecule has 0 saturated heterocycles. The van der Waals surface area contributed by atoms with Crippen molar-refractivity contribution in [3.05, 3.63) is 23.2 Å². The van der Waals surface area contributed by atoms with Crippen LogP contribution in [0, 0.1) is 0 Å². The molecule has 0 spiro atoms. The summed E-state index contributed by atoms with van der Waals surface area (Å²) in [5.41, 5.74) is 0. The van der Waals surface area contributed by atoms with E-state index in [0.717, 1.165) is 0 Å². The van der Waals surface area contributed by atoms with E-state index in [0.29, 0.717) is 23.6 Å². The summed E-state index contributed by atoms with van der Waals surface area (Å²) in [6, 6.07) is 0. The number of aromatic nitrogens is 4. The molecule has 2 rings (SSSR count). The normalized spacial score (nSPS) is 12.0. The first-order valence-corrected chi connectivity index (χ1v) is 5.27. The molecular weight excluding hydrogens is 241 g/mol. The van der Waals surface area contributed by atoms with Crippen molar-refractivity contribution in [2.75, 3.05) is 0 Å². The second-order valence-electron chi connectivity index (χ2n) is 2.95. The molecule has 0 fully saturated rings. The molecule has 0 saturated carbocycles. The Morgan fingerprint density at radius 3 is 2.69 bits per heavy atom. The van der Waals surface area contributed by atoms with Crippen LogP contribution in [0.5, 0.6) is 0 Å². The van der Waals surface area contributed by atoms with Crippen molar-refractivity contribution >= 4 is 11.3 Å². The van der Waals surface area contributed by atoms with Gasteiger partial charge in [0.05, 0.1) is 0 Å². The maximum absolute atomic E-state index is 12.3. The number of halogens is 3. The third-order valence-electron chi connectivity index (χ3n) is 1.90. The fraction of sp³-hybridized carbons (Fsp3) is 0.375. The number of rotatable bonds is 2. The Bertz CT molecular complexity index is 487. The largest absolute Gasteiger partial charge is 0.445 e. The molecule has 16 heavy (non-hydrogen) atoms. The van der Waals surface area contributed by atoms with Crippen LogP contribution in [0.2, 0.25) is 0 Å². The molecule has 0 bridgehead atoms. The molecule has 86 valence electrons. The molecule has 2 aromatic rings. The van der Waals surface area contributed by atoms with Gasteiger partial charge in [0, 0.05) is 18.8 Å². The predicted octanol–water partition coefficient (Wildman–Crippen LogP) is 2.31. The molecule has 0 radical (unpaired) electrons. The highest BCUT2D eigenvalue weighted by Crippen LogP contribution is 2.32. The van der Waals surface area contributed by atoms with Gasteiger partial charge in [-0.1, -0.05) is 18.3 Å². The van der Waals surface area contributed by atoms with Crippen molar-refractivity contribution in [1.82, 2.24) is 19.7 Å². The Hall–Kier alpha value is -1.44. The van der Waals surface area contributed by atoms with E-state index in [1.807, 2.05) is 6.92 Å². The molecular formula is C8H7F3N4S. The van der Waals surface area contributed by atoms with Crippen LogP contribution >= 0.6 is 11.3 Å². The van der Waals surface area contributed by atoms with Gasteiger partial charge in [-0.25, -0.2) is 4.98 Å². The number of hydrogen-bond acceptors (Lipinski definition) is 4. The molecule has 4 nitrogen and oxygen atoms in total. The summed E-state index contributed by atoms with van der Waals surface area (Å²) in [5, 5.41) is 5.85. The molecule has 0 atom stereocenters. The highest BCUT2D eigenvalue weighted by Gasteiger charge is 2.35. The zero-order valence-corrected chi connectivity index (χ0v) is 9.01. The van der Waals surface area contributed by atoms with E-state index in [4.69, 9.17) is 0 Å². The first-order chi connectivity index (χ1) is 7.52. The maximum Gasteiger partial charge on any atom is 0.445 e. The third kappa shape index (κ3) is 1.92. The van der Waals surface area contributed by atoms with Crippen LogP contribution in [0.3, 0.4) is 0 Å². The zero-order valence-electron chi connectivity index (χ0n) is 8.19. The van der Waals surface area contributed by atoms with Crippen molar-refractivity contribution in [1.29, 1.82) is 0 Å². The lowest BCUT2D eigenvalue weighted by Gasteiger charge is -2.00. The Kier molecular flexibility index (Phi) is 2.66. The molecule has 0 aliphatic heterocycles. The SMILES string of the molecule is CCc1nccn1-c1nnc(C(F)(F)F)s1.